The molecule has 0 unspecified atom stereocenters. The van der Waals surface area contributed by atoms with Crippen molar-refractivity contribution in [1.29, 1.82) is 0 Å². The first-order valence-electron chi connectivity index (χ1n) is 6.28. The zero-order valence-corrected chi connectivity index (χ0v) is 11.6. The van der Waals surface area contributed by atoms with E-state index < -0.39 is 10.9 Å². The predicted molar refractivity (Wildman–Crippen MR) is 72.9 cm³/mol. The fourth-order valence-corrected chi connectivity index (χ4v) is 1.57. The van der Waals surface area contributed by atoms with Gasteiger partial charge in [-0.1, -0.05) is 6.07 Å². The fourth-order valence-electron chi connectivity index (χ4n) is 1.57. The highest BCUT2D eigenvalue weighted by atomic mass is 16.6. The van der Waals surface area contributed by atoms with Crippen LogP contribution in [0.15, 0.2) is 18.2 Å². The van der Waals surface area contributed by atoms with E-state index in [1.807, 2.05) is 0 Å². The molecule has 1 aromatic rings. The summed E-state index contributed by atoms with van der Waals surface area (Å²) in [5.41, 5.74) is -0.597. The molecule has 0 bridgehead atoms. The second-order valence-corrected chi connectivity index (χ2v) is 4.02. The van der Waals surface area contributed by atoms with Crippen molar-refractivity contribution < 1.29 is 29.0 Å². The van der Waals surface area contributed by atoms with Gasteiger partial charge in [-0.2, -0.15) is 0 Å². The molecule has 1 N–H and O–H groups in total. The van der Waals surface area contributed by atoms with Crippen molar-refractivity contribution in [2.75, 3.05) is 33.5 Å². The number of ether oxygens (including phenoxy) is 3. The Morgan fingerprint density at radius 1 is 1.29 bits per heavy atom. The topological polar surface area (TPSA) is 108 Å². The zero-order valence-electron chi connectivity index (χ0n) is 11.6. The number of hydrogen-bond acceptors (Lipinski definition) is 6. The van der Waals surface area contributed by atoms with Crippen LogP contribution in [0.4, 0.5) is 5.69 Å². The van der Waals surface area contributed by atoms with Gasteiger partial charge in [-0.05, 0) is 6.07 Å². The van der Waals surface area contributed by atoms with Gasteiger partial charge < -0.3 is 19.3 Å². The van der Waals surface area contributed by atoms with Crippen molar-refractivity contribution in [2.24, 2.45) is 0 Å². The summed E-state index contributed by atoms with van der Waals surface area (Å²) in [5.74, 6) is -1.50. The van der Waals surface area contributed by atoms with Crippen LogP contribution in [0.1, 0.15) is 16.8 Å². The molecule has 0 fully saturated rings. The van der Waals surface area contributed by atoms with Crippen LogP contribution in [0, 0.1) is 10.1 Å². The van der Waals surface area contributed by atoms with Gasteiger partial charge in [0.05, 0.1) is 24.7 Å². The van der Waals surface area contributed by atoms with E-state index in [9.17, 15) is 14.9 Å². The molecule has 21 heavy (non-hydrogen) atoms. The van der Waals surface area contributed by atoms with Gasteiger partial charge in [0.15, 0.2) is 0 Å². The fraction of sp³-hybridized carbons (Fsp3) is 0.462. The maximum absolute atomic E-state index is 11.1. The minimum Gasteiger partial charge on any atom is -0.486 e. The Balaban J connectivity index is 2.60. The first kappa shape index (κ1) is 16.9. The molecular formula is C13H17NO7. The lowest BCUT2D eigenvalue weighted by Crippen LogP contribution is -2.10. The number of benzene rings is 1. The molecule has 0 atom stereocenters. The standard InChI is InChI=1S/C13H17NO7/c1-19-8-9-20-6-3-7-21-12-10(13(15)16)4-2-5-11(12)14(17)18/h2,4-5H,3,6-9H2,1H3,(H,15,16). The molecule has 1 aromatic carbocycles. The molecule has 0 spiro atoms. The van der Waals surface area contributed by atoms with Gasteiger partial charge in [0.2, 0.25) is 5.75 Å². The molecule has 8 heteroatoms. The number of hydrogen-bond donors (Lipinski definition) is 1. The number of carboxylic acids is 1. The van der Waals surface area contributed by atoms with E-state index >= 15 is 0 Å². The first-order chi connectivity index (χ1) is 10.1. The van der Waals surface area contributed by atoms with Gasteiger partial charge in [0.25, 0.3) is 0 Å². The van der Waals surface area contributed by atoms with E-state index in [2.05, 4.69) is 0 Å². The summed E-state index contributed by atoms with van der Waals surface area (Å²) < 4.78 is 15.3. The van der Waals surface area contributed by atoms with E-state index in [4.69, 9.17) is 19.3 Å². The normalized spacial score (nSPS) is 10.3. The number of nitrogens with zero attached hydrogens (tertiary/aromatic N) is 1. The quantitative estimate of drug-likeness (QED) is 0.398. The van der Waals surface area contributed by atoms with Crippen molar-refractivity contribution in [2.45, 2.75) is 6.42 Å². The minimum absolute atomic E-state index is 0.123. The lowest BCUT2D eigenvalue weighted by Gasteiger charge is -2.09. The minimum atomic E-state index is -1.27. The first-order valence-corrected chi connectivity index (χ1v) is 6.28. The van der Waals surface area contributed by atoms with Crippen molar-refractivity contribution >= 4 is 11.7 Å². The summed E-state index contributed by atoms with van der Waals surface area (Å²) in [4.78, 5) is 21.3. The highest BCUT2D eigenvalue weighted by Crippen LogP contribution is 2.31. The van der Waals surface area contributed by atoms with Gasteiger partial charge in [-0.15, -0.1) is 0 Å². The summed E-state index contributed by atoms with van der Waals surface area (Å²) in [5, 5.41) is 19.9. The van der Waals surface area contributed by atoms with Crippen LogP contribution in [0.3, 0.4) is 0 Å². The van der Waals surface area contributed by atoms with Crippen molar-refractivity contribution in [3.05, 3.63) is 33.9 Å². The Labute approximate surface area is 121 Å². The van der Waals surface area contributed by atoms with Gasteiger partial charge in [-0.25, -0.2) is 4.79 Å². The Morgan fingerprint density at radius 3 is 2.67 bits per heavy atom. The summed E-state index contributed by atoms with van der Waals surface area (Å²) in [6, 6.07) is 3.78. The molecule has 0 aliphatic rings. The van der Waals surface area contributed by atoms with E-state index in [0.717, 1.165) is 0 Å². The van der Waals surface area contributed by atoms with E-state index in [-0.39, 0.29) is 23.6 Å². The number of nitro groups is 1. The SMILES string of the molecule is COCCOCCCOc1c(C(=O)O)cccc1[N+](=O)[O-]. The third-order valence-electron chi connectivity index (χ3n) is 2.53. The monoisotopic (exact) mass is 299 g/mol. The molecule has 0 aliphatic heterocycles. The molecule has 116 valence electrons. The van der Waals surface area contributed by atoms with Crippen LogP contribution in [0.5, 0.6) is 5.75 Å². The number of rotatable bonds is 10. The number of aromatic carboxylic acids is 1. The van der Waals surface area contributed by atoms with Crippen molar-refractivity contribution in [3.8, 4) is 5.75 Å². The van der Waals surface area contributed by atoms with Crippen LogP contribution >= 0.6 is 0 Å². The summed E-state index contributed by atoms with van der Waals surface area (Å²) in [6.45, 7) is 1.45. The Kier molecular flexibility index (Phi) is 7.13. The van der Waals surface area contributed by atoms with Gasteiger partial charge >= 0.3 is 11.7 Å². The van der Waals surface area contributed by atoms with Crippen molar-refractivity contribution in [1.82, 2.24) is 0 Å². The van der Waals surface area contributed by atoms with E-state index in [1.165, 1.54) is 18.2 Å². The maximum Gasteiger partial charge on any atom is 0.339 e. The highest BCUT2D eigenvalue weighted by molar-refractivity contribution is 5.92. The molecule has 0 amide bonds. The van der Waals surface area contributed by atoms with Crippen LogP contribution in [-0.2, 0) is 9.47 Å². The number of methoxy groups -OCH3 is 1. The maximum atomic E-state index is 11.1. The Morgan fingerprint density at radius 2 is 2.05 bits per heavy atom. The summed E-state index contributed by atoms with van der Waals surface area (Å²) in [6.07, 6.45) is 0.481. The molecular weight excluding hydrogens is 282 g/mol. The Hall–Kier alpha value is -2.19. The third-order valence-corrected chi connectivity index (χ3v) is 2.53. The number of carboxylic acid groups (broad SMARTS) is 1. The molecule has 0 saturated carbocycles. The molecule has 0 radical (unpaired) electrons. The molecule has 1 rings (SSSR count). The average Bonchev–Trinajstić information content (AvgIpc) is 2.45. The van der Waals surface area contributed by atoms with Crippen molar-refractivity contribution in [3.63, 3.8) is 0 Å². The Bertz CT molecular complexity index is 457. The van der Waals surface area contributed by atoms with Crippen LogP contribution in [0.25, 0.3) is 0 Å². The van der Waals surface area contributed by atoms with Crippen LogP contribution in [0.2, 0.25) is 0 Å². The smallest absolute Gasteiger partial charge is 0.339 e. The lowest BCUT2D eigenvalue weighted by atomic mass is 10.1. The second kappa shape index (κ2) is 8.88. The predicted octanol–water partition coefficient (Wildman–Crippen LogP) is 1.72. The number of carbonyl (C=O) groups is 1. The number of nitro benzene ring substituents is 1. The second-order valence-electron chi connectivity index (χ2n) is 4.02. The largest absolute Gasteiger partial charge is 0.486 e. The van der Waals surface area contributed by atoms with E-state index in [1.54, 1.807) is 7.11 Å². The van der Waals surface area contributed by atoms with Crippen LogP contribution < -0.4 is 4.74 Å². The van der Waals surface area contributed by atoms with Gasteiger partial charge in [0, 0.05) is 26.2 Å². The van der Waals surface area contributed by atoms with Crippen LogP contribution in [-0.4, -0.2) is 49.5 Å². The molecule has 0 aromatic heterocycles. The lowest BCUT2D eigenvalue weighted by molar-refractivity contribution is -0.385. The summed E-state index contributed by atoms with van der Waals surface area (Å²) >= 11 is 0. The number of para-hydroxylation sites is 1. The zero-order chi connectivity index (χ0) is 15.7. The van der Waals surface area contributed by atoms with Gasteiger partial charge in [-0.3, -0.25) is 10.1 Å². The molecule has 0 saturated heterocycles. The molecule has 0 heterocycles. The highest BCUT2D eigenvalue weighted by Gasteiger charge is 2.22. The average molecular weight is 299 g/mol. The molecule has 8 nitrogen and oxygen atoms in total. The van der Waals surface area contributed by atoms with E-state index in [0.29, 0.717) is 26.2 Å². The third kappa shape index (κ3) is 5.36. The summed E-state index contributed by atoms with van der Waals surface area (Å²) in [7, 11) is 1.56. The van der Waals surface area contributed by atoms with Gasteiger partial charge in [0.1, 0.15) is 5.56 Å². The molecule has 0 aliphatic carbocycles.